The van der Waals surface area contributed by atoms with Gasteiger partial charge in [-0.2, -0.15) is 5.10 Å². The van der Waals surface area contributed by atoms with E-state index >= 15 is 0 Å². The van der Waals surface area contributed by atoms with Crippen molar-refractivity contribution >= 4 is 11.5 Å². The molecule has 0 unspecified atom stereocenters. The SMILES string of the molecule is NCCN(c1cc2n[nH]c(=O)n2cn1)C1CC1. The number of nitrogens with two attached hydrogens (primary N) is 1. The summed E-state index contributed by atoms with van der Waals surface area (Å²) >= 11 is 0. The third-order valence-electron chi connectivity index (χ3n) is 2.95. The van der Waals surface area contributed by atoms with Gasteiger partial charge in [-0.05, 0) is 12.8 Å². The number of nitrogens with one attached hydrogen (secondary N) is 1. The van der Waals surface area contributed by atoms with Crippen molar-refractivity contribution in [3.8, 4) is 0 Å². The highest BCUT2D eigenvalue weighted by molar-refractivity contribution is 5.51. The van der Waals surface area contributed by atoms with Crippen LogP contribution in [0.15, 0.2) is 17.2 Å². The fourth-order valence-electron chi connectivity index (χ4n) is 1.97. The molecule has 0 amide bonds. The molecule has 0 saturated heterocycles. The maximum atomic E-state index is 11.3. The van der Waals surface area contributed by atoms with Gasteiger partial charge < -0.3 is 10.6 Å². The molecule has 0 atom stereocenters. The van der Waals surface area contributed by atoms with Crippen molar-refractivity contribution < 1.29 is 0 Å². The highest BCUT2D eigenvalue weighted by atomic mass is 16.1. The molecule has 17 heavy (non-hydrogen) atoms. The summed E-state index contributed by atoms with van der Waals surface area (Å²) in [5, 5.41) is 6.32. The fraction of sp³-hybridized carbons (Fsp3) is 0.500. The second kappa shape index (κ2) is 3.85. The van der Waals surface area contributed by atoms with Gasteiger partial charge >= 0.3 is 5.69 Å². The number of nitrogens with zero attached hydrogens (tertiary/aromatic N) is 4. The molecule has 2 aromatic heterocycles. The average molecular weight is 234 g/mol. The maximum absolute atomic E-state index is 11.3. The van der Waals surface area contributed by atoms with Gasteiger partial charge in [0.25, 0.3) is 0 Å². The average Bonchev–Trinajstić information content (AvgIpc) is 3.11. The first-order chi connectivity index (χ1) is 8.29. The van der Waals surface area contributed by atoms with E-state index in [9.17, 15) is 4.79 Å². The lowest BCUT2D eigenvalue weighted by Crippen LogP contribution is -2.32. The summed E-state index contributed by atoms with van der Waals surface area (Å²) in [7, 11) is 0. The van der Waals surface area contributed by atoms with Crippen LogP contribution in [0.25, 0.3) is 5.65 Å². The highest BCUT2D eigenvalue weighted by Gasteiger charge is 2.29. The molecule has 0 aromatic carbocycles. The lowest BCUT2D eigenvalue weighted by atomic mass is 10.4. The number of aromatic nitrogens is 4. The van der Waals surface area contributed by atoms with Crippen molar-refractivity contribution in [2.45, 2.75) is 18.9 Å². The molecular weight excluding hydrogens is 220 g/mol. The Bertz CT molecular complexity index is 584. The molecule has 3 N–H and O–H groups in total. The lowest BCUT2D eigenvalue weighted by Gasteiger charge is -2.22. The van der Waals surface area contributed by atoms with E-state index in [2.05, 4.69) is 20.1 Å². The highest BCUT2D eigenvalue weighted by Crippen LogP contribution is 2.30. The number of anilines is 1. The number of aromatic amines is 1. The van der Waals surface area contributed by atoms with E-state index in [4.69, 9.17) is 5.73 Å². The molecule has 0 aliphatic heterocycles. The minimum absolute atomic E-state index is 0.268. The first-order valence-electron chi connectivity index (χ1n) is 5.69. The van der Waals surface area contributed by atoms with Crippen LogP contribution in [-0.4, -0.2) is 38.7 Å². The van der Waals surface area contributed by atoms with E-state index in [1.165, 1.54) is 23.6 Å². The molecule has 2 heterocycles. The van der Waals surface area contributed by atoms with Gasteiger partial charge in [0, 0.05) is 25.2 Å². The van der Waals surface area contributed by atoms with Crippen LogP contribution in [0.3, 0.4) is 0 Å². The predicted molar refractivity (Wildman–Crippen MR) is 63.0 cm³/mol. The van der Waals surface area contributed by atoms with Crippen molar-refractivity contribution in [1.82, 2.24) is 19.6 Å². The van der Waals surface area contributed by atoms with Crippen LogP contribution < -0.4 is 16.3 Å². The minimum atomic E-state index is -0.268. The molecule has 0 spiro atoms. The van der Waals surface area contributed by atoms with Crippen molar-refractivity contribution in [1.29, 1.82) is 0 Å². The summed E-state index contributed by atoms with van der Waals surface area (Å²) in [6.45, 7) is 1.37. The predicted octanol–water partition coefficient (Wildman–Crippen LogP) is -0.655. The summed E-state index contributed by atoms with van der Waals surface area (Å²) in [5.41, 5.74) is 5.92. The molecule has 3 rings (SSSR count). The van der Waals surface area contributed by atoms with Gasteiger partial charge in [0.15, 0.2) is 5.65 Å². The summed E-state index contributed by atoms with van der Waals surface area (Å²) in [5.74, 6) is 0.837. The van der Waals surface area contributed by atoms with E-state index < -0.39 is 0 Å². The maximum Gasteiger partial charge on any atom is 0.348 e. The summed E-state index contributed by atoms with van der Waals surface area (Å²) < 4.78 is 1.39. The van der Waals surface area contributed by atoms with Crippen LogP contribution in [0, 0.1) is 0 Å². The van der Waals surface area contributed by atoms with Gasteiger partial charge in [0.1, 0.15) is 12.1 Å². The molecule has 1 aliphatic rings. The van der Waals surface area contributed by atoms with Crippen LogP contribution in [0.4, 0.5) is 5.82 Å². The number of rotatable bonds is 4. The lowest BCUT2D eigenvalue weighted by molar-refractivity contribution is 0.768. The Labute approximate surface area is 97.3 Å². The molecule has 2 aromatic rings. The molecule has 7 heteroatoms. The topological polar surface area (TPSA) is 92.3 Å². The number of fused-ring (bicyclic) bond motifs is 1. The number of H-pyrrole nitrogens is 1. The first kappa shape index (κ1) is 10.3. The Morgan fingerprint density at radius 3 is 3.12 bits per heavy atom. The Morgan fingerprint density at radius 1 is 1.59 bits per heavy atom. The normalized spacial score (nSPS) is 15.4. The van der Waals surface area contributed by atoms with Gasteiger partial charge in [-0.1, -0.05) is 0 Å². The number of hydrogen-bond acceptors (Lipinski definition) is 5. The van der Waals surface area contributed by atoms with Crippen molar-refractivity contribution in [2.75, 3.05) is 18.0 Å². The van der Waals surface area contributed by atoms with E-state index in [1.54, 1.807) is 0 Å². The Balaban J connectivity index is 2.00. The molecule has 1 fully saturated rings. The second-order valence-corrected chi connectivity index (χ2v) is 4.22. The van der Waals surface area contributed by atoms with E-state index in [1.807, 2.05) is 6.07 Å². The van der Waals surface area contributed by atoms with Gasteiger partial charge in [-0.25, -0.2) is 19.3 Å². The third-order valence-corrected chi connectivity index (χ3v) is 2.95. The van der Waals surface area contributed by atoms with Crippen molar-refractivity contribution in [3.05, 3.63) is 22.9 Å². The second-order valence-electron chi connectivity index (χ2n) is 4.22. The third kappa shape index (κ3) is 1.78. The Kier molecular flexibility index (Phi) is 2.32. The number of hydrogen-bond donors (Lipinski definition) is 2. The molecule has 7 nitrogen and oxygen atoms in total. The zero-order chi connectivity index (χ0) is 11.8. The van der Waals surface area contributed by atoms with Crippen molar-refractivity contribution in [2.24, 2.45) is 5.73 Å². The standard InChI is InChI=1S/C10H14N6O/c11-3-4-15(7-1-2-7)8-5-9-13-14-10(17)16(9)6-12-8/h5-7H,1-4,11H2,(H,14,17). The largest absolute Gasteiger partial charge is 0.352 e. The molecular formula is C10H14N6O. The van der Waals surface area contributed by atoms with Gasteiger partial charge in [-0.3, -0.25) is 0 Å². The van der Waals surface area contributed by atoms with Crippen LogP contribution in [0.2, 0.25) is 0 Å². The smallest absolute Gasteiger partial charge is 0.348 e. The van der Waals surface area contributed by atoms with Crippen LogP contribution in [0.5, 0.6) is 0 Å². The quantitative estimate of drug-likeness (QED) is 0.733. The van der Waals surface area contributed by atoms with E-state index in [0.717, 1.165) is 12.4 Å². The van der Waals surface area contributed by atoms with E-state index in [-0.39, 0.29) is 5.69 Å². The van der Waals surface area contributed by atoms with Crippen LogP contribution in [-0.2, 0) is 0 Å². The monoisotopic (exact) mass is 234 g/mol. The van der Waals surface area contributed by atoms with Gasteiger partial charge in [0.2, 0.25) is 0 Å². The van der Waals surface area contributed by atoms with Crippen LogP contribution in [0.1, 0.15) is 12.8 Å². The molecule has 0 bridgehead atoms. The van der Waals surface area contributed by atoms with Gasteiger partial charge in [-0.15, -0.1) is 0 Å². The van der Waals surface area contributed by atoms with Crippen molar-refractivity contribution in [3.63, 3.8) is 0 Å². The molecule has 1 aliphatic carbocycles. The Morgan fingerprint density at radius 2 is 2.41 bits per heavy atom. The first-order valence-corrected chi connectivity index (χ1v) is 5.69. The summed E-state index contributed by atoms with van der Waals surface area (Å²) in [4.78, 5) is 17.8. The molecule has 0 radical (unpaired) electrons. The zero-order valence-corrected chi connectivity index (χ0v) is 9.33. The summed E-state index contributed by atoms with van der Waals surface area (Å²) in [6.07, 6.45) is 3.86. The van der Waals surface area contributed by atoms with Crippen LogP contribution >= 0.6 is 0 Å². The summed E-state index contributed by atoms with van der Waals surface area (Å²) in [6, 6.07) is 2.35. The Hall–Kier alpha value is -1.89. The molecule has 90 valence electrons. The van der Waals surface area contributed by atoms with E-state index in [0.29, 0.717) is 18.2 Å². The zero-order valence-electron chi connectivity index (χ0n) is 9.33. The van der Waals surface area contributed by atoms with Gasteiger partial charge in [0.05, 0.1) is 0 Å². The minimum Gasteiger partial charge on any atom is -0.352 e. The molecule has 1 saturated carbocycles. The fourth-order valence-corrected chi connectivity index (χ4v) is 1.97.